The van der Waals surface area contributed by atoms with E-state index in [1.54, 1.807) is 0 Å². The zero-order valence-corrected chi connectivity index (χ0v) is 15.9. The Morgan fingerprint density at radius 3 is 2.25 bits per heavy atom. The fourth-order valence-electron chi connectivity index (χ4n) is 4.08. The molecule has 0 radical (unpaired) electrons. The Balaban J connectivity index is 1.31. The van der Waals surface area contributed by atoms with Crippen molar-refractivity contribution in [1.82, 2.24) is 15.1 Å². The van der Waals surface area contributed by atoms with Crippen LogP contribution in [0.2, 0.25) is 0 Å². The van der Waals surface area contributed by atoms with Crippen LogP contribution in [0, 0.1) is 0 Å². The average molecular weight is 372 g/mol. The highest BCUT2D eigenvalue weighted by molar-refractivity contribution is 5.70. The molecule has 3 aliphatic rings. The average Bonchev–Trinajstić information content (AvgIpc) is 3.05. The molecule has 0 amide bonds. The van der Waals surface area contributed by atoms with Gasteiger partial charge in [-0.25, -0.2) is 0 Å². The molecular weight excluding hydrogens is 348 g/mol. The van der Waals surface area contributed by atoms with Gasteiger partial charge in [-0.05, 0) is 36.1 Å². The van der Waals surface area contributed by atoms with Gasteiger partial charge in [0.15, 0.2) is 0 Å². The molecule has 2 aromatic carbocycles. The van der Waals surface area contributed by atoms with Gasteiger partial charge in [0.1, 0.15) is 0 Å². The zero-order valence-electron chi connectivity index (χ0n) is 15.9. The quantitative estimate of drug-likeness (QED) is 0.643. The molecule has 0 N–H and O–H groups in total. The molecule has 5 nitrogen and oxygen atoms in total. The van der Waals surface area contributed by atoms with E-state index in [0.717, 1.165) is 24.2 Å². The van der Waals surface area contributed by atoms with Crippen LogP contribution in [0.1, 0.15) is 24.0 Å². The van der Waals surface area contributed by atoms with Crippen molar-refractivity contribution in [3.8, 4) is 11.5 Å². The summed E-state index contributed by atoms with van der Waals surface area (Å²) in [4.78, 5) is 4.83. The second-order valence-corrected chi connectivity index (χ2v) is 7.52. The molecule has 0 saturated carbocycles. The molecule has 28 heavy (non-hydrogen) atoms. The maximum absolute atomic E-state index is 6.05. The minimum Gasteiger partial charge on any atom is -0.403 e. The summed E-state index contributed by atoms with van der Waals surface area (Å²) in [6.45, 7) is 4.41. The van der Waals surface area contributed by atoms with Gasteiger partial charge >= 0.3 is 6.01 Å². The molecule has 3 fully saturated rings. The van der Waals surface area contributed by atoms with Crippen molar-refractivity contribution < 1.29 is 4.42 Å². The lowest BCUT2D eigenvalue weighted by atomic mass is 10.1. The van der Waals surface area contributed by atoms with Gasteiger partial charge in [-0.1, -0.05) is 59.7 Å². The van der Waals surface area contributed by atoms with Crippen LogP contribution in [0.15, 0.2) is 59.0 Å². The number of hydrogen-bond acceptors (Lipinski definition) is 5. The van der Waals surface area contributed by atoms with E-state index in [9.17, 15) is 0 Å². The lowest BCUT2D eigenvalue weighted by Crippen LogP contribution is -2.38. The summed E-state index contributed by atoms with van der Waals surface area (Å²) < 4.78 is 6.05. The van der Waals surface area contributed by atoms with Crippen LogP contribution in [0.25, 0.3) is 23.6 Å². The highest BCUT2D eigenvalue weighted by Gasteiger charge is 2.31. The first-order chi connectivity index (χ1) is 13.8. The Morgan fingerprint density at radius 2 is 1.50 bits per heavy atom. The Kier molecular flexibility index (Phi) is 4.67. The number of rotatable bonds is 4. The van der Waals surface area contributed by atoms with E-state index >= 15 is 0 Å². The van der Waals surface area contributed by atoms with Gasteiger partial charge in [-0.2, -0.15) is 0 Å². The zero-order chi connectivity index (χ0) is 18.8. The molecule has 3 aromatic rings. The van der Waals surface area contributed by atoms with Crippen molar-refractivity contribution in [3.05, 3.63) is 65.7 Å². The first kappa shape index (κ1) is 17.2. The van der Waals surface area contributed by atoms with Gasteiger partial charge in [-0.15, -0.1) is 5.10 Å². The van der Waals surface area contributed by atoms with E-state index in [-0.39, 0.29) is 0 Å². The van der Waals surface area contributed by atoms with E-state index in [4.69, 9.17) is 4.42 Å². The molecular formula is C23H24N4O. The number of hydrogen-bond donors (Lipinski definition) is 0. The highest BCUT2D eigenvalue weighted by Crippen LogP contribution is 2.28. The van der Waals surface area contributed by atoms with Gasteiger partial charge in [-0.3, -0.25) is 0 Å². The van der Waals surface area contributed by atoms with Gasteiger partial charge in [0.2, 0.25) is 5.89 Å². The normalized spacial score (nSPS) is 21.9. The van der Waals surface area contributed by atoms with Crippen LogP contribution in [0.5, 0.6) is 0 Å². The summed E-state index contributed by atoms with van der Waals surface area (Å²) in [6.07, 6.45) is 6.59. The number of fused-ring (bicyclic) bond motifs is 4. The number of aromatic nitrogens is 2. The SMILES string of the molecule is C(=Cc1ccc(-c2nnc(N3CCN4CCC3CC4)o2)cc1)c1ccccc1. The minimum absolute atomic E-state index is 0.526. The summed E-state index contributed by atoms with van der Waals surface area (Å²) in [6, 6.07) is 19.7. The van der Waals surface area contributed by atoms with E-state index in [1.807, 2.05) is 30.3 Å². The summed E-state index contributed by atoms with van der Waals surface area (Å²) in [7, 11) is 0. The fraction of sp³-hybridized carbons (Fsp3) is 0.304. The monoisotopic (exact) mass is 372 g/mol. The molecule has 4 heterocycles. The molecule has 3 aliphatic heterocycles. The van der Waals surface area contributed by atoms with Crippen LogP contribution >= 0.6 is 0 Å². The fourth-order valence-corrected chi connectivity index (χ4v) is 4.08. The first-order valence-electron chi connectivity index (χ1n) is 10.0. The number of benzene rings is 2. The van der Waals surface area contributed by atoms with Crippen molar-refractivity contribution in [2.24, 2.45) is 0 Å². The summed E-state index contributed by atoms with van der Waals surface area (Å²) >= 11 is 0. The smallest absolute Gasteiger partial charge is 0.318 e. The van der Waals surface area contributed by atoms with Gasteiger partial charge in [0, 0.05) is 37.8 Å². The molecule has 1 aromatic heterocycles. The van der Waals surface area contributed by atoms with Gasteiger partial charge in [0.05, 0.1) is 0 Å². The lowest BCUT2D eigenvalue weighted by Gasteiger charge is -2.29. The maximum atomic E-state index is 6.05. The number of piperidine rings is 1. The van der Waals surface area contributed by atoms with E-state index in [0.29, 0.717) is 17.9 Å². The summed E-state index contributed by atoms with van der Waals surface area (Å²) in [5.74, 6) is 0.590. The topological polar surface area (TPSA) is 45.4 Å². The first-order valence-corrected chi connectivity index (χ1v) is 10.0. The molecule has 0 aliphatic carbocycles. The third-order valence-electron chi connectivity index (χ3n) is 5.74. The molecule has 0 unspecified atom stereocenters. The third kappa shape index (κ3) is 3.58. The van der Waals surface area contributed by atoms with Crippen LogP contribution < -0.4 is 4.90 Å². The predicted molar refractivity (Wildman–Crippen MR) is 112 cm³/mol. The standard InChI is InChI=1S/C23H24N4O/c1-2-4-18(5-3-1)6-7-19-8-10-20(11-9-19)22-24-25-23(28-22)27-17-16-26-14-12-21(27)13-15-26/h1-11,21H,12-17H2. The highest BCUT2D eigenvalue weighted by atomic mass is 16.4. The molecule has 5 heteroatoms. The van der Waals surface area contributed by atoms with E-state index in [2.05, 4.69) is 56.4 Å². The molecule has 3 saturated heterocycles. The molecule has 0 atom stereocenters. The molecule has 6 rings (SSSR count). The second kappa shape index (κ2) is 7.60. The molecule has 142 valence electrons. The van der Waals surface area contributed by atoms with Crippen molar-refractivity contribution >= 4 is 18.2 Å². The number of anilines is 1. The largest absolute Gasteiger partial charge is 0.403 e. The Labute approximate surface area is 165 Å². The minimum atomic E-state index is 0.526. The van der Waals surface area contributed by atoms with Gasteiger partial charge < -0.3 is 14.2 Å². The van der Waals surface area contributed by atoms with E-state index < -0.39 is 0 Å². The summed E-state index contributed by atoms with van der Waals surface area (Å²) in [5, 5.41) is 8.66. The van der Waals surface area contributed by atoms with Gasteiger partial charge in [0.25, 0.3) is 0 Å². The molecule has 2 bridgehead atoms. The van der Waals surface area contributed by atoms with Crippen LogP contribution in [0.3, 0.4) is 0 Å². The lowest BCUT2D eigenvalue weighted by molar-refractivity contribution is 0.249. The second-order valence-electron chi connectivity index (χ2n) is 7.52. The van der Waals surface area contributed by atoms with Crippen molar-refractivity contribution in [2.45, 2.75) is 18.9 Å². The molecule has 0 spiro atoms. The summed E-state index contributed by atoms with van der Waals surface area (Å²) in [5.41, 5.74) is 3.29. The predicted octanol–water partition coefficient (Wildman–Crippen LogP) is 4.19. The van der Waals surface area contributed by atoms with Crippen LogP contribution in [0.4, 0.5) is 6.01 Å². The Bertz CT molecular complexity index is 940. The van der Waals surface area contributed by atoms with Crippen LogP contribution in [-0.2, 0) is 0 Å². The van der Waals surface area contributed by atoms with Crippen molar-refractivity contribution in [3.63, 3.8) is 0 Å². The van der Waals surface area contributed by atoms with Crippen molar-refractivity contribution in [1.29, 1.82) is 0 Å². The Morgan fingerprint density at radius 1 is 0.786 bits per heavy atom. The number of nitrogens with zero attached hydrogens (tertiary/aromatic N) is 4. The maximum Gasteiger partial charge on any atom is 0.318 e. The van der Waals surface area contributed by atoms with Crippen LogP contribution in [-0.4, -0.2) is 47.3 Å². The Hall–Kier alpha value is -2.92. The third-order valence-corrected chi connectivity index (χ3v) is 5.74. The van der Waals surface area contributed by atoms with E-state index in [1.165, 1.54) is 31.5 Å². The van der Waals surface area contributed by atoms with Crippen molar-refractivity contribution in [2.75, 3.05) is 31.1 Å².